The SMILES string of the molecule is CC(C)(C)OC(=O)NCc1n[nH]c(=O)c2ccc(Br)c(F)c12. The number of hydrogen-bond acceptors (Lipinski definition) is 4. The topological polar surface area (TPSA) is 84.1 Å². The number of nitrogens with zero attached hydrogens (tertiary/aromatic N) is 1. The molecule has 0 atom stereocenters. The van der Waals surface area contributed by atoms with Gasteiger partial charge in [-0.05, 0) is 48.8 Å². The fourth-order valence-corrected chi connectivity index (χ4v) is 2.18. The molecule has 8 heteroatoms. The largest absolute Gasteiger partial charge is 0.444 e. The maximum Gasteiger partial charge on any atom is 0.407 e. The molecule has 1 aromatic heterocycles. The molecule has 2 aromatic rings. The van der Waals surface area contributed by atoms with Crippen LogP contribution in [-0.2, 0) is 11.3 Å². The van der Waals surface area contributed by atoms with Crippen LogP contribution < -0.4 is 10.9 Å². The van der Waals surface area contributed by atoms with Crippen LogP contribution in [0.15, 0.2) is 21.4 Å². The number of aromatic amines is 1. The quantitative estimate of drug-likeness (QED) is 0.849. The molecule has 1 aromatic carbocycles. The second-order valence-corrected chi connectivity index (χ2v) is 6.49. The number of halogens is 2. The van der Waals surface area contributed by atoms with E-state index in [0.717, 1.165) is 0 Å². The number of benzene rings is 1. The fourth-order valence-electron chi connectivity index (χ4n) is 1.85. The summed E-state index contributed by atoms with van der Waals surface area (Å²) >= 11 is 3.07. The lowest BCUT2D eigenvalue weighted by molar-refractivity contribution is 0.0523. The van der Waals surface area contributed by atoms with Crippen molar-refractivity contribution in [3.05, 3.63) is 38.5 Å². The number of amides is 1. The third kappa shape index (κ3) is 3.62. The molecule has 1 amide bonds. The molecule has 0 saturated heterocycles. The van der Waals surface area contributed by atoms with Gasteiger partial charge in [-0.2, -0.15) is 5.10 Å². The minimum Gasteiger partial charge on any atom is -0.444 e. The highest BCUT2D eigenvalue weighted by Crippen LogP contribution is 2.24. The van der Waals surface area contributed by atoms with Crippen LogP contribution in [0.3, 0.4) is 0 Å². The first-order valence-corrected chi connectivity index (χ1v) is 7.30. The van der Waals surface area contributed by atoms with E-state index >= 15 is 0 Å². The van der Waals surface area contributed by atoms with Crippen LogP contribution in [0.5, 0.6) is 0 Å². The number of nitrogens with one attached hydrogen (secondary N) is 2. The maximum atomic E-state index is 14.3. The van der Waals surface area contributed by atoms with E-state index in [2.05, 4.69) is 31.4 Å². The van der Waals surface area contributed by atoms with Crippen molar-refractivity contribution in [1.29, 1.82) is 0 Å². The standard InChI is InChI=1S/C14H15BrFN3O3/c1-14(2,3)22-13(21)17-6-9-10-7(12(20)19-18-9)4-5-8(15)11(10)16/h4-5H,6H2,1-3H3,(H,17,21)(H,19,20). The van der Waals surface area contributed by atoms with E-state index in [1.807, 2.05) is 0 Å². The Labute approximate surface area is 134 Å². The molecule has 0 aliphatic carbocycles. The zero-order chi connectivity index (χ0) is 16.5. The van der Waals surface area contributed by atoms with Crippen LogP contribution in [0.1, 0.15) is 26.5 Å². The van der Waals surface area contributed by atoms with E-state index in [-0.39, 0.29) is 27.5 Å². The second kappa shape index (κ2) is 6.04. The van der Waals surface area contributed by atoms with Crippen molar-refractivity contribution in [2.24, 2.45) is 0 Å². The predicted octanol–water partition coefficient (Wildman–Crippen LogP) is 2.85. The van der Waals surface area contributed by atoms with E-state index in [1.54, 1.807) is 20.8 Å². The van der Waals surface area contributed by atoms with Crippen LogP contribution in [0, 0.1) is 5.82 Å². The van der Waals surface area contributed by atoms with Crippen molar-refractivity contribution < 1.29 is 13.9 Å². The highest BCUT2D eigenvalue weighted by molar-refractivity contribution is 9.10. The number of fused-ring (bicyclic) bond motifs is 1. The molecular weight excluding hydrogens is 357 g/mol. The molecule has 0 aliphatic rings. The molecule has 6 nitrogen and oxygen atoms in total. The van der Waals surface area contributed by atoms with Crippen LogP contribution in [0.2, 0.25) is 0 Å². The third-order valence-corrected chi connectivity index (χ3v) is 3.33. The zero-order valence-corrected chi connectivity index (χ0v) is 13.9. The van der Waals surface area contributed by atoms with Crippen molar-refractivity contribution in [3.63, 3.8) is 0 Å². The number of hydrogen-bond donors (Lipinski definition) is 2. The zero-order valence-electron chi connectivity index (χ0n) is 12.3. The van der Waals surface area contributed by atoms with E-state index in [4.69, 9.17) is 4.74 Å². The molecule has 0 bridgehead atoms. The normalized spacial score (nSPS) is 11.5. The Morgan fingerprint density at radius 1 is 1.45 bits per heavy atom. The molecule has 0 unspecified atom stereocenters. The maximum absolute atomic E-state index is 14.3. The summed E-state index contributed by atoms with van der Waals surface area (Å²) in [6, 6.07) is 2.93. The van der Waals surface area contributed by atoms with Crippen molar-refractivity contribution in [2.75, 3.05) is 0 Å². The molecule has 22 heavy (non-hydrogen) atoms. The van der Waals surface area contributed by atoms with Gasteiger partial charge in [0.25, 0.3) is 5.56 Å². The summed E-state index contributed by atoms with van der Waals surface area (Å²) in [7, 11) is 0. The highest BCUT2D eigenvalue weighted by atomic mass is 79.9. The first-order valence-electron chi connectivity index (χ1n) is 6.51. The molecule has 0 saturated carbocycles. The Balaban J connectivity index is 2.33. The smallest absolute Gasteiger partial charge is 0.407 e. The van der Waals surface area contributed by atoms with Gasteiger partial charge in [0.1, 0.15) is 11.4 Å². The minimum absolute atomic E-state index is 0.0641. The number of carbonyl (C=O) groups is 1. The van der Waals surface area contributed by atoms with Crippen molar-refractivity contribution in [3.8, 4) is 0 Å². The average molecular weight is 372 g/mol. The fraction of sp³-hybridized carbons (Fsp3) is 0.357. The van der Waals surface area contributed by atoms with E-state index < -0.39 is 23.1 Å². The number of rotatable bonds is 2. The monoisotopic (exact) mass is 371 g/mol. The highest BCUT2D eigenvalue weighted by Gasteiger charge is 2.18. The Morgan fingerprint density at radius 3 is 2.77 bits per heavy atom. The summed E-state index contributed by atoms with van der Waals surface area (Å²) < 4.78 is 19.6. The predicted molar refractivity (Wildman–Crippen MR) is 83.1 cm³/mol. The van der Waals surface area contributed by atoms with Gasteiger partial charge in [0.15, 0.2) is 0 Å². The Hall–Kier alpha value is -1.96. The first kappa shape index (κ1) is 16.4. The van der Waals surface area contributed by atoms with Crippen LogP contribution in [-0.4, -0.2) is 21.9 Å². The van der Waals surface area contributed by atoms with Crippen molar-refractivity contribution in [1.82, 2.24) is 15.5 Å². The summed E-state index contributed by atoms with van der Waals surface area (Å²) in [6.45, 7) is 5.13. The van der Waals surface area contributed by atoms with E-state index in [1.165, 1.54) is 12.1 Å². The van der Waals surface area contributed by atoms with Gasteiger partial charge in [0.2, 0.25) is 0 Å². The Morgan fingerprint density at radius 2 is 2.14 bits per heavy atom. The molecule has 0 spiro atoms. The lowest BCUT2D eigenvalue weighted by Gasteiger charge is -2.19. The number of aromatic nitrogens is 2. The van der Waals surface area contributed by atoms with E-state index in [0.29, 0.717) is 0 Å². The van der Waals surface area contributed by atoms with Gasteiger partial charge in [-0.15, -0.1) is 0 Å². The number of H-pyrrole nitrogens is 1. The molecule has 2 N–H and O–H groups in total. The van der Waals surface area contributed by atoms with Gasteiger partial charge in [-0.25, -0.2) is 14.3 Å². The Bertz CT molecular complexity index is 783. The molecule has 0 aliphatic heterocycles. The Kier molecular flexibility index (Phi) is 4.50. The molecule has 118 valence electrons. The molecule has 2 rings (SSSR count). The van der Waals surface area contributed by atoms with Crippen LogP contribution in [0.25, 0.3) is 10.8 Å². The van der Waals surface area contributed by atoms with Gasteiger partial charge in [-0.1, -0.05) is 0 Å². The van der Waals surface area contributed by atoms with Crippen molar-refractivity contribution in [2.45, 2.75) is 32.9 Å². The van der Waals surface area contributed by atoms with Crippen LogP contribution in [0.4, 0.5) is 9.18 Å². The molecule has 1 heterocycles. The molecule has 0 radical (unpaired) electrons. The number of ether oxygens (including phenoxy) is 1. The van der Waals surface area contributed by atoms with Gasteiger partial charge in [0, 0.05) is 5.39 Å². The lowest BCUT2D eigenvalue weighted by atomic mass is 10.1. The van der Waals surface area contributed by atoms with Crippen LogP contribution >= 0.6 is 15.9 Å². The summed E-state index contributed by atoms with van der Waals surface area (Å²) in [6.07, 6.45) is -0.649. The summed E-state index contributed by atoms with van der Waals surface area (Å²) in [5.41, 5.74) is -0.930. The lowest BCUT2D eigenvalue weighted by Crippen LogP contribution is -2.32. The second-order valence-electron chi connectivity index (χ2n) is 5.64. The van der Waals surface area contributed by atoms with Gasteiger partial charge in [0.05, 0.1) is 22.1 Å². The molecule has 0 fully saturated rings. The summed E-state index contributed by atoms with van der Waals surface area (Å²) in [4.78, 5) is 23.4. The summed E-state index contributed by atoms with van der Waals surface area (Å²) in [5, 5.41) is 8.80. The summed E-state index contributed by atoms with van der Waals surface area (Å²) in [5.74, 6) is -0.600. The van der Waals surface area contributed by atoms with Gasteiger partial charge < -0.3 is 10.1 Å². The minimum atomic E-state index is -0.649. The molecular formula is C14H15BrFN3O3. The third-order valence-electron chi connectivity index (χ3n) is 2.72. The number of carbonyl (C=O) groups excluding carboxylic acids is 1. The van der Waals surface area contributed by atoms with Crippen molar-refractivity contribution >= 4 is 32.8 Å². The van der Waals surface area contributed by atoms with Gasteiger partial charge >= 0.3 is 6.09 Å². The van der Waals surface area contributed by atoms with Gasteiger partial charge in [-0.3, -0.25) is 4.79 Å². The number of alkyl carbamates (subject to hydrolysis) is 1. The average Bonchev–Trinajstić information content (AvgIpc) is 2.40. The van der Waals surface area contributed by atoms with E-state index in [9.17, 15) is 14.0 Å². The first-order chi connectivity index (χ1) is 10.2.